The van der Waals surface area contributed by atoms with Gasteiger partial charge in [0.2, 0.25) is 5.91 Å². The molecule has 0 saturated heterocycles. The van der Waals surface area contributed by atoms with Gasteiger partial charge in [0, 0.05) is 17.2 Å². The molecule has 3 N–H and O–H groups in total. The monoisotopic (exact) mass is 285 g/mol. The molecule has 16 heavy (non-hydrogen) atoms. The first-order valence-electron chi connectivity index (χ1n) is 5.15. The average Bonchev–Trinajstić information content (AvgIpc) is 2.31. The standard InChI is InChI=1S/C11H16BrN3O/c1-3-11(2,7-13)10(16)15-9-5-4-8(12)6-14-9/h4-6H,3,7,13H2,1-2H3,(H,14,15,16). The summed E-state index contributed by atoms with van der Waals surface area (Å²) >= 11 is 3.28. The third kappa shape index (κ3) is 3.02. The maximum atomic E-state index is 11.9. The third-order valence-electron chi connectivity index (χ3n) is 2.75. The summed E-state index contributed by atoms with van der Waals surface area (Å²) in [5.41, 5.74) is 5.07. The van der Waals surface area contributed by atoms with E-state index >= 15 is 0 Å². The van der Waals surface area contributed by atoms with Gasteiger partial charge in [-0.05, 0) is 41.4 Å². The Kier molecular flexibility index (Phi) is 4.44. The van der Waals surface area contributed by atoms with Gasteiger partial charge in [0.1, 0.15) is 5.82 Å². The lowest BCUT2D eigenvalue weighted by Gasteiger charge is -2.24. The van der Waals surface area contributed by atoms with Crippen LogP contribution in [0.5, 0.6) is 0 Å². The second-order valence-electron chi connectivity index (χ2n) is 3.93. The highest BCUT2D eigenvalue weighted by atomic mass is 79.9. The van der Waals surface area contributed by atoms with Crippen LogP contribution in [0.4, 0.5) is 5.82 Å². The van der Waals surface area contributed by atoms with Crippen LogP contribution >= 0.6 is 15.9 Å². The quantitative estimate of drug-likeness (QED) is 0.891. The summed E-state index contributed by atoms with van der Waals surface area (Å²) in [5, 5.41) is 2.76. The fourth-order valence-electron chi connectivity index (χ4n) is 1.11. The van der Waals surface area contributed by atoms with Gasteiger partial charge in [-0.15, -0.1) is 0 Å². The normalized spacial score (nSPS) is 14.2. The molecule has 0 saturated carbocycles. The van der Waals surface area contributed by atoms with E-state index in [0.29, 0.717) is 18.8 Å². The highest BCUT2D eigenvalue weighted by Gasteiger charge is 2.29. The number of pyridine rings is 1. The predicted octanol–water partition coefficient (Wildman–Crippen LogP) is 2.16. The van der Waals surface area contributed by atoms with E-state index < -0.39 is 5.41 Å². The molecule has 1 unspecified atom stereocenters. The van der Waals surface area contributed by atoms with E-state index in [4.69, 9.17) is 5.73 Å². The Hall–Kier alpha value is -0.940. The van der Waals surface area contributed by atoms with Crippen molar-refractivity contribution >= 4 is 27.7 Å². The maximum absolute atomic E-state index is 11.9. The van der Waals surface area contributed by atoms with Crippen LogP contribution in [0.25, 0.3) is 0 Å². The molecule has 1 heterocycles. The number of carbonyl (C=O) groups is 1. The largest absolute Gasteiger partial charge is 0.329 e. The van der Waals surface area contributed by atoms with E-state index in [-0.39, 0.29) is 5.91 Å². The van der Waals surface area contributed by atoms with Crippen LogP contribution in [-0.4, -0.2) is 17.4 Å². The average molecular weight is 286 g/mol. The second-order valence-corrected chi connectivity index (χ2v) is 4.85. The summed E-state index contributed by atoms with van der Waals surface area (Å²) in [5.74, 6) is 0.452. The zero-order chi connectivity index (χ0) is 12.2. The summed E-state index contributed by atoms with van der Waals surface area (Å²) < 4.78 is 0.877. The summed E-state index contributed by atoms with van der Waals surface area (Å²) in [7, 11) is 0. The number of amides is 1. The van der Waals surface area contributed by atoms with Crippen LogP contribution in [0.15, 0.2) is 22.8 Å². The fraction of sp³-hybridized carbons (Fsp3) is 0.455. The Morgan fingerprint density at radius 2 is 2.31 bits per heavy atom. The number of aromatic nitrogens is 1. The number of nitrogens with one attached hydrogen (secondary N) is 1. The van der Waals surface area contributed by atoms with Crippen LogP contribution in [-0.2, 0) is 4.79 Å². The van der Waals surface area contributed by atoms with Crippen molar-refractivity contribution in [2.24, 2.45) is 11.1 Å². The van der Waals surface area contributed by atoms with Gasteiger partial charge < -0.3 is 11.1 Å². The molecular weight excluding hydrogens is 270 g/mol. The molecule has 5 heteroatoms. The zero-order valence-corrected chi connectivity index (χ0v) is 11.0. The molecule has 0 aliphatic rings. The zero-order valence-electron chi connectivity index (χ0n) is 9.46. The molecule has 4 nitrogen and oxygen atoms in total. The highest BCUT2D eigenvalue weighted by Crippen LogP contribution is 2.21. The number of nitrogens with zero attached hydrogens (tertiary/aromatic N) is 1. The van der Waals surface area contributed by atoms with E-state index in [0.717, 1.165) is 4.47 Å². The molecule has 1 amide bonds. The van der Waals surface area contributed by atoms with Crippen LogP contribution in [0.1, 0.15) is 20.3 Å². The maximum Gasteiger partial charge on any atom is 0.232 e. The van der Waals surface area contributed by atoms with Gasteiger partial charge in [0.15, 0.2) is 0 Å². The van der Waals surface area contributed by atoms with Crippen molar-refractivity contribution in [3.8, 4) is 0 Å². The molecule has 0 aliphatic heterocycles. The molecule has 1 rings (SSSR count). The van der Waals surface area contributed by atoms with Gasteiger partial charge in [-0.3, -0.25) is 4.79 Å². The lowest BCUT2D eigenvalue weighted by molar-refractivity contribution is -0.124. The van der Waals surface area contributed by atoms with E-state index in [1.807, 2.05) is 19.9 Å². The molecule has 1 aromatic heterocycles. The van der Waals surface area contributed by atoms with Crippen molar-refractivity contribution in [3.05, 3.63) is 22.8 Å². The molecule has 88 valence electrons. The first-order valence-corrected chi connectivity index (χ1v) is 5.94. The number of carbonyl (C=O) groups excluding carboxylic acids is 1. The van der Waals surface area contributed by atoms with Crippen LogP contribution < -0.4 is 11.1 Å². The number of halogens is 1. The Balaban J connectivity index is 2.74. The minimum atomic E-state index is -0.533. The van der Waals surface area contributed by atoms with E-state index in [1.54, 1.807) is 12.3 Å². The predicted molar refractivity (Wildman–Crippen MR) is 68.0 cm³/mol. The fourth-order valence-corrected chi connectivity index (χ4v) is 1.35. The van der Waals surface area contributed by atoms with Crippen molar-refractivity contribution in [2.45, 2.75) is 20.3 Å². The van der Waals surface area contributed by atoms with Crippen molar-refractivity contribution < 1.29 is 4.79 Å². The number of hydrogen-bond donors (Lipinski definition) is 2. The Morgan fingerprint density at radius 1 is 1.62 bits per heavy atom. The SMILES string of the molecule is CCC(C)(CN)C(=O)Nc1ccc(Br)cn1. The first kappa shape index (κ1) is 13.1. The lowest BCUT2D eigenvalue weighted by atomic mass is 9.87. The van der Waals surface area contributed by atoms with E-state index in [9.17, 15) is 4.79 Å². The van der Waals surface area contributed by atoms with Crippen LogP contribution in [0.2, 0.25) is 0 Å². The van der Waals surface area contributed by atoms with E-state index in [2.05, 4.69) is 26.2 Å². The summed E-state index contributed by atoms with van der Waals surface area (Å²) in [6, 6.07) is 3.57. The minimum Gasteiger partial charge on any atom is -0.329 e. The van der Waals surface area contributed by atoms with Crippen molar-refractivity contribution in [1.29, 1.82) is 0 Å². The van der Waals surface area contributed by atoms with Gasteiger partial charge in [-0.25, -0.2) is 4.98 Å². The number of anilines is 1. The van der Waals surface area contributed by atoms with E-state index in [1.165, 1.54) is 0 Å². The van der Waals surface area contributed by atoms with Crippen molar-refractivity contribution in [3.63, 3.8) is 0 Å². The summed E-state index contributed by atoms with van der Waals surface area (Å²) in [6.45, 7) is 4.12. The molecule has 1 atom stereocenters. The van der Waals surface area contributed by atoms with Crippen molar-refractivity contribution in [2.75, 3.05) is 11.9 Å². The molecule has 0 aromatic carbocycles. The summed E-state index contributed by atoms with van der Waals surface area (Å²) in [4.78, 5) is 16.0. The Bertz CT molecular complexity index is 360. The molecule has 0 aliphatic carbocycles. The number of hydrogen-bond acceptors (Lipinski definition) is 3. The summed E-state index contributed by atoms with van der Waals surface area (Å²) in [6.07, 6.45) is 2.34. The number of rotatable bonds is 4. The minimum absolute atomic E-state index is 0.0904. The van der Waals surface area contributed by atoms with Gasteiger partial charge in [-0.2, -0.15) is 0 Å². The van der Waals surface area contributed by atoms with Crippen LogP contribution in [0.3, 0.4) is 0 Å². The molecule has 0 radical (unpaired) electrons. The first-order chi connectivity index (χ1) is 7.51. The van der Waals surface area contributed by atoms with Gasteiger partial charge in [0.25, 0.3) is 0 Å². The molecule has 0 fully saturated rings. The molecule has 0 spiro atoms. The molecule has 0 bridgehead atoms. The van der Waals surface area contributed by atoms with Crippen LogP contribution in [0, 0.1) is 5.41 Å². The van der Waals surface area contributed by atoms with Gasteiger partial charge in [0.05, 0.1) is 5.41 Å². The van der Waals surface area contributed by atoms with Crippen molar-refractivity contribution in [1.82, 2.24) is 4.98 Å². The highest BCUT2D eigenvalue weighted by molar-refractivity contribution is 9.10. The lowest BCUT2D eigenvalue weighted by Crippen LogP contribution is -2.39. The number of nitrogens with two attached hydrogens (primary N) is 1. The topological polar surface area (TPSA) is 68.0 Å². The smallest absolute Gasteiger partial charge is 0.232 e. The molecular formula is C11H16BrN3O. The van der Waals surface area contributed by atoms with Gasteiger partial charge >= 0.3 is 0 Å². The Labute approximate surface area is 104 Å². The third-order valence-corrected chi connectivity index (χ3v) is 3.22. The van der Waals surface area contributed by atoms with Gasteiger partial charge in [-0.1, -0.05) is 6.92 Å². The molecule has 1 aromatic rings. The Morgan fingerprint density at radius 3 is 2.75 bits per heavy atom. The second kappa shape index (κ2) is 5.41.